The Morgan fingerprint density at radius 1 is 1.28 bits per heavy atom. The third-order valence-electron chi connectivity index (χ3n) is 5.80. The van der Waals surface area contributed by atoms with Gasteiger partial charge in [0.25, 0.3) is 11.8 Å². The van der Waals surface area contributed by atoms with Gasteiger partial charge in [0.15, 0.2) is 0 Å². The van der Waals surface area contributed by atoms with Gasteiger partial charge in [-0.3, -0.25) is 9.59 Å². The number of rotatable bonds is 4. The number of carbonyl (C=O) groups is 2. The summed E-state index contributed by atoms with van der Waals surface area (Å²) in [6, 6.07) is 4.26. The van der Waals surface area contributed by atoms with Crippen LogP contribution in [0.2, 0.25) is 0 Å². The predicted octanol–water partition coefficient (Wildman–Crippen LogP) is 2.53. The smallest absolute Gasteiger partial charge is 0.256 e. The van der Waals surface area contributed by atoms with Gasteiger partial charge in [0.1, 0.15) is 5.82 Å². The van der Waals surface area contributed by atoms with Crippen molar-refractivity contribution in [1.29, 1.82) is 0 Å². The molecule has 152 valence electrons. The number of likely N-dealkylation sites (N-methyl/N-ethyl adjacent to an activating group) is 1. The summed E-state index contributed by atoms with van der Waals surface area (Å²) < 4.78 is 15.7. The van der Waals surface area contributed by atoms with Crippen LogP contribution in [-0.2, 0) is 18.3 Å². The van der Waals surface area contributed by atoms with E-state index in [1.165, 1.54) is 12.1 Å². The number of nitrogens with one attached hydrogen (secondary N) is 1. The fraction of sp³-hybridized carbons (Fsp3) is 0.364. The highest BCUT2D eigenvalue weighted by molar-refractivity contribution is 6.35. The maximum Gasteiger partial charge on any atom is 0.256 e. The summed E-state index contributed by atoms with van der Waals surface area (Å²) >= 11 is 0. The van der Waals surface area contributed by atoms with Crippen LogP contribution in [0.25, 0.3) is 11.6 Å². The molecule has 1 aromatic heterocycles. The molecule has 1 aromatic carbocycles. The van der Waals surface area contributed by atoms with E-state index < -0.39 is 0 Å². The summed E-state index contributed by atoms with van der Waals surface area (Å²) in [5.74, 6) is -0.614. The number of halogens is 1. The molecule has 0 radical (unpaired) electrons. The fourth-order valence-corrected chi connectivity index (χ4v) is 4.17. The molecule has 7 heteroatoms. The third-order valence-corrected chi connectivity index (χ3v) is 5.80. The Balaban J connectivity index is 1.75. The van der Waals surface area contributed by atoms with Crippen LogP contribution in [0, 0.1) is 12.7 Å². The number of benzene rings is 1. The first kappa shape index (κ1) is 19.4. The van der Waals surface area contributed by atoms with Crippen molar-refractivity contribution in [2.75, 3.05) is 39.0 Å². The van der Waals surface area contributed by atoms with Crippen LogP contribution in [-0.4, -0.2) is 59.9 Å². The van der Waals surface area contributed by atoms with E-state index in [9.17, 15) is 14.0 Å². The van der Waals surface area contributed by atoms with Crippen molar-refractivity contribution in [3.8, 4) is 0 Å². The zero-order valence-corrected chi connectivity index (χ0v) is 17.2. The second kappa shape index (κ2) is 7.15. The zero-order valence-electron chi connectivity index (χ0n) is 17.2. The van der Waals surface area contributed by atoms with Crippen LogP contribution >= 0.6 is 0 Å². The molecule has 0 atom stereocenters. The van der Waals surface area contributed by atoms with Crippen molar-refractivity contribution in [3.63, 3.8) is 0 Å². The average Bonchev–Trinajstić information content (AvgIpc) is 3.10. The van der Waals surface area contributed by atoms with E-state index >= 15 is 0 Å². The van der Waals surface area contributed by atoms with Crippen LogP contribution in [0.15, 0.2) is 18.2 Å². The molecule has 0 unspecified atom stereocenters. The van der Waals surface area contributed by atoms with E-state index in [0.29, 0.717) is 29.9 Å². The van der Waals surface area contributed by atoms with Crippen molar-refractivity contribution in [2.45, 2.75) is 13.3 Å². The number of nitrogens with zero attached hydrogens (tertiary/aromatic N) is 3. The number of amides is 2. The molecule has 6 nitrogen and oxygen atoms in total. The Hall–Kier alpha value is -2.93. The molecular weight excluding hydrogens is 371 g/mol. The van der Waals surface area contributed by atoms with Crippen molar-refractivity contribution in [3.05, 3.63) is 52.1 Å². The van der Waals surface area contributed by atoms with Crippen LogP contribution in [0.1, 0.15) is 32.9 Å². The highest BCUT2D eigenvalue weighted by Gasteiger charge is 2.32. The quantitative estimate of drug-likeness (QED) is 0.808. The summed E-state index contributed by atoms with van der Waals surface area (Å²) in [6.07, 6.45) is 2.54. The first-order valence-corrected chi connectivity index (χ1v) is 9.73. The number of aromatic nitrogens is 1. The molecule has 1 N–H and O–H groups in total. The van der Waals surface area contributed by atoms with E-state index in [1.54, 1.807) is 12.1 Å². The van der Waals surface area contributed by atoms with E-state index in [-0.39, 0.29) is 17.6 Å². The number of anilines is 1. The first-order chi connectivity index (χ1) is 13.8. The minimum absolute atomic E-state index is 0.0353. The van der Waals surface area contributed by atoms with Crippen molar-refractivity contribution in [1.82, 2.24) is 14.4 Å². The Morgan fingerprint density at radius 3 is 2.76 bits per heavy atom. The molecule has 0 spiro atoms. The molecule has 0 aliphatic carbocycles. The lowest BCUT2D eigenvalue weighted by Gasteiger charge is -2.29. The maximum absolute atomic E-state index is 13.7. The molecule has 0 fully saturated rings. The number of hydrogen-bond donors (Lipinski definition) is 1. The van der Waals surface area contributed by atoms with Gasteiger partial charge in [-0.2, -0.15) is 0 Å². The molecule has 3 heterocycles. The maximum atomic E-state index is 13.7. The minimum atomic E-state index is -0.388. The summed E-state index contributed by atoms with van der Waals surface area (Å²) in [5, 5.41) is 2.78. The van der Waals surface area contributed by atoms with Crippen LogP contribution in [0.5, 0.6) is 0 Å². The van der Waals surface area contributed by atoms with Gasteiger partial charge in [-0.25, -0.2) is 4.39 Å². The highest BCUT2D eigenvalue weighted by atomic mass is 19.1. The van der Waals surface area contributed by atoms with Crippen molar-refractivity contribution in [2.24, 2.45) is 7.05 Å². The van der Waals surface area contributed by atoms with Crippen molar-refractivity contribution < 1.29 is 14.0 Å². The average molecular weight is 396 g/mol. The summed E-state index contributed by atoms with van der Waals surface area (Å²) in [4.78, 5) is 29.5. The van der Waals surface area contributed by atoms with E-state index in [1.807, 2.05) is 37.5 Å². The SMILES string of the molecule is Cc1c2c(n(C)c1/C=C1\C(=O)Nc3ccc(F)cc31)CCN(CCN(C)C)C2=O. The lowest BCUT2D eigenvalue weighted by atomic mass is 10.0. The minimum Gasteiger partial charge on any atom is -0.347 e. The lowest BCUT2D eigenvalue weighted by molar-refractivity contribution is -0.110. The standard InChI is InChI=1S/C22H25FN4O2/c1-13-19(12-16-15-11-14(23)5-6-17(15)24-21(16)28)26(4)18-7-8-27(10-9-25(2)3)22(29)20(13)18/h5-6,11-12H,7-10H2,1-4H3,(H,24,28)/b16-12-. The van der Waals surface area contributed by atoms with Gasteiger partial charge in [0.2, 0.25) is 0 Å². The summed E-state index contributed by atoms with van der Waals surface area (Å²) in [7, 11) is 5.90. The Morgan fingerprint density at radius 2 is 2.03 bits per heavy atom. The second-order valence-corrected chi connectivity index (χ2v) is 7.94. The van der Waals surface area contributed by atoms with Gasteiger partial charge >= 0.3 is 0 Å². The van der Waals surface area contributed by atoms with Gasteiger partial charge in [0, 0.05) is 55.7 Å². The fourth-order valence-electron chi connectivity index (χ4n) is 4.17. The monoisotopic (exact) mass is 396 g/mol. The molecule has 2 aliphatic heterocycles. The Kier molecular flexibility index (Phi) is 4.78. The highest BCUT2D eigenvalue weighted by Crippen LogP contribution is 2.36. The number of fused-ring (bicyclic) bond motifs is 2. The van der Waals surface area contributed by atoms with Gasteiger partial charge in [0.05, 0.1) is 11.1 Å². The van der Waals surface area contributed by atoms with Crippen LogP contribution in [0.3, 0.4) is 0 Å². The molecule has 2 amide bonds. The van der Waals surface area contributed by atoms with E-state index in [2.05, 4.69) is 10.2 Å². The first-order valence-electron chi connectivity index (χ1n) is 9.73. The zero-order chi connectivity index (χ0) is 20.9. The third kappa shape index (κ3) is 3.25. The van der Waals surface area contributed by atoms with Crippen LogP contribution in [0.4, 0.5) is 10.1 Å². The largest absolute Gasteiger partial charge is 0.347 e. The second-order valence-electron chi connectivity index (χ2n) is 7.94. The lowest BCUT2D eigenvalue weighted by Crippen LogP contribution is -2.41. The van der Waals surface area contributed by atoms with Gasteiger partial charge in [-0.1, -0.05) is 0 Å². The van der Waals surface area contributed by atoms with Gasteiger partial charge in [-0.05, 0) is 50.9 Å². The topological polar surface area (TPSA) is 57.6 Å². The van der Waals surface area contributed by atoms with Crippen molar-refractivity contribution >= 4 is 29.2 Å². The summed E-state index contributed by atoms with van der Waals surface area (Å²) in [5.41, 5.74) is 4.93. The van der Waals surface area contributed by atoms with E-state index in [0.717, 1.165) is 35.5 Å². The predicted molar refractivity (Wildman–Crippen MR) is 111 cm³/mol. The molecule has 0 saturated carbocycles. The molecule has 2 aromatic rings. The van der Waals surface area contributed by atoms with Gasteiger partial charge in [-0.15, -0.1) is 0 Å². The normalized spacial score (nSPS) is 17.2. The molecular formula is C22H25FN4O2. The molecule has 0 bridgehead atoms. The molecule has 4 rings (SSSR count). The summed E-state index contributed by atoms with van der Waals surface area (Å²) in [6.45, 7) is 4.09. The molecule has 29 heavy (non-hydrogen) atoms. The molecule has 0 saturated heterocycles. The van der Waals surface area contributed by atoms with Crippen LogP contribution < -0.4 is 5.32 Å². The number of hydrogen-bond acceptors (Lipinski definition) is 3. The number of carbonyl (C=O) groups excluding carboxylic acids is 2. The Labute approximate surface area is 169 Å². The van der Waals surface area contributed by atoms with Gasteiger partial charge < -0.3 is 19.7 Å². The van der Waals surface area contributed by atoms with E-state index in [4.69, 9.17) is 0 Å². The molecule has 2 aliphatic rings. The Bertz CT molecular complexity index is 1050.